The van der Waals surface area contributed by atoms with Gasteiger partial charge in [-0.05, 0) is 12.8 Å². The van der Waals surface area contributed by atoms with Gasteiger partial charge < -0.3 is 42.0 Å². The van der Waals surface area contributed by atoms with E-state index in [-0.39, 0.29) is 63.1 Å². The summed E-state index contributed by atoms with van der Waals surface area (Å²) >= 11 is 0. The van der Waals surface area contributed by atoms with Crippen molar-refractivity contribution in [2.75, 3.05) is 13.2 Å². The van der Waals surface area contributed by atoms with Crippen LogP contribution in [0.3, 0.4) is 0 Å². The number of hydrogen-bond acceptors (Lipinski definition) is 1. The summed E-state index contributed by atoms with van der Waals surface area (Å²) in [4.78, 5) is 0. The number of hydrogen-bond donors (Lipinski definition) is 0. The molecule has 1 rings (SSSR count). The van der Waals surface area contributed by atoms with Gasteiger partial charge in [-0.3, -0.25) is 0 Å². The van der Waals surface area contributed by atoms with E-state index >= 15 is 0 Å². The van der Waals surface area contributed by atoms with Gasteiger partial charge in [-0.1, -0.05) is 0 Å². The number of rotatable bonds is 0. The minimum Gasteiger partial charge on any atom is -1.00 e. The molecule has 0 unspecified atom stereocenters. The Hall–Kier alpha value is 1.70. The zero-order chi connectivity index (χ0) is 3.54. The summed E-state index contributed by atoms with van der Waals surface area (Å²) in [6.45, 7) is 2.00. The topological polar surface area (TPSA) is 9.23 Å². The molecule has 54 valence electrons. The minimum atomic E-state index is 0. The normalized spacial score (nSPS) is 13.3. The molecule has 0 aliphatic carbocycles. The summed E-state index contributed by atoms with van der Waals surface area (Å²) in [6, 6.07) is 0. The fourth-order valence-electron chi connectivity index (χ4n) is 0.510. The third kappa shape index (κ3) is 12.8. The van der Waals surface area contributed by atoms with E-state index in [1.807, 2.05) is 0 Å². The van der Waals surface area contributed by atoms with Crippen molar-refractivity contribution in [2.24, 2.45) is 0 Å². The summed E-state index contributed by atoms with van der Waals surface area (Å²) < 4.78 is 4.94. The second-order valence-corrected chi connectivity index (χ2v) is 1.32. The smallest absolute Gasteiger partial charge is 1.00 e. The molecule has 0 spiro atoms. The molecule has 0 radical (unpaired) electrons. The van der Waals surface area contributed by atoms with Gasteiger partial charge in [0.2, 0.25) is 0 Å². The maximum atomic E-state index is 4.94. The molecule has 5 heteroatoms. The Morgan fingerprint density at radius 1 is 0.778 bits per heavy atom. The van der Waals surface area contributed by atoms with E-state index in [4.69, 9.17) is 4.74 Å². The Morgan fingerprint density at radius 2 is 1.11 bits per heavy atom. The van der Waals surface area contributed by atoms with Crippen molar-refractivity contribution in [3.63, 3.8) is 0 Å². The van der Waals surface area contributed by atoms with Gasteiger partial charge in [0.1, 0.15) is 0 Å². The van der Waals surface area contributed by atoms with Gasteiger partial charge in [0, 0.05) is 13.2 Å². The van der Waals surface area contributed by atoms with Gasteiger partial charge in [0.15, 0.2) is 0 Å². The van der Waals surface area contributed by atoms with Gasteiger partial charge in [0.05, 0.1) is 0 Å². The first-order valence-corrected chi connectivity index (χ1v) is 2.08. The summed E-state index contributed by atoms with van der Waals surface area (Å²) in [5.74, 6) is 0. The Labute approximate surface area is 93.3 Å². The number of ether oxygens (including phenoxy) is 1. The monoisotopic (exact) mass is 292 g/mol. The first kappa shape index (κ1) is 22.4. The van der Waals surface area contributed by atoms with Crippen molar-refractivity contribution >= 4 is 25.8 Å². The standard InChI is InChI=1S/C4H8O.3ClH.In/c1-2-4-5-3-1;;;;/h1-4H2;3*1H;/q;;;;+3/p-3. The molecule has 9 heavy (non-hydrogen) atoms. The van der Waals surface area contributed by atoms with Gasteiger partial charge in [0.25, 0.3) is 0 Å². The maximum Gasteiger partial charge on any atom is 3.00 e. The van der Waals surface area contributed by atoms with Gasteiger partial charge >= 0.3 is 25.8 Å². The van der Waals surface area contributed by atoms with E-state index in [2.05, 4.69) is 0 Å². The van der Waals surface area contributed by atoms with Gasteiger partial charge in [-0.15, -0.1) is 0 Å². The van der Waals surface area contributed by atoms with Crippen molar-refractivity contribution in [1.29, 1.82) is 0 Å². The van der Waals surface area contributed by atoms with Crippen molar-refractivity contribution < 1.29 is 42.0 Å². The molecule has 1 aliphatic heterocycles. The summed E-state index contributed by atoms with van der Waals surface area (Å²) in [6.07, 6.45) is 2.56. The first-order valence-electron chi connectivity index (χ1n) is 2.08. The molecule has 1 fully saturated rings. The zero-order valence-electron chi connectivity index (χ0n) is 4.95. The summed E-state index contributed by atoms with van der Waals surface area (Å²) in [7, 11) is 0. The van der Waals surface area contributed by atoms with Gasteiger partial charge in [-0.2, -0.15) is 0 Å². The Bertz CT molecular complexity index is 27.4. The van der Waals surface area contributed by atoms with E-state index < -0.39 is 0 Å². The predicted molar refractivity (Wildman–Crippen MR) is 25.8 cm³/mol. The predicted octanol–water partition coefficient (Wildman–Crippen LogP) is -8.57. The quantitative estimate of drug-likeness (QED) is 0.431. The van der Waals surface area contributed by atoms with Crippen LogP contribution in [-0.2, 0) is 4.74 Å². The SMILES string of the molecule is C1CCOC1.[Cl-].[Cl-].[Cl-].[In+3]. The second kappa shape index (κ2) is 16.4. The van der Waals surface area contributed by atoms with E-state index in [1.54, 1.807) is 0 Å². The van der Waals surface area contributed by atoms with Crippen LogP contribution in [0.1, 0.15) is 12.8 Å². The molecule has 0 aromatic heterocycles. The Morgan fingerprint density at radius 3 is 1.22 bits per heavy atom. The molecule has 0 atom stereocenters. The molecule has 0 amide bonds. The molecule has 1 aliphatic rings. The van der Waals surface area contributed by atoms with Crippen LogP contribution >= 0.6 is 0 Å². The average molecular weight is 293 g/mol. The molecule has 0 N–H and O–H groups in total. The second-order valence-electron chi connectivity index (χ2n) is 1.32. The van der Waals surface area contributed by atoms with Crippen LogP contribution in [0.5, 0.6) is 0 Å². The molecular formula is C4H8Cl3InO. The summed E-state index contributed by atoms with van der Waals surface area (Å²) in [5.41, 5.74) is 0. The van der Waals surface area contributed by atoms with Crippen LogP contribution in [0.15, 0.2) is 0 Å². The molecule has 1 nitrogen and oxygen atoms in total. The molecule has 1 saturated heterocycles. The fraction of sp³-hybridized carbons (Fsp3) is 1.00. The molecular weight excluding hydrogens is 285 g/mol. The third-order valence-electron chi connectivity index (χ3n) is 0.827. The van der Waals surface area contributed by atoms with Gasteiger partial charge in [-0.25, -0.2) is 0 Å². The van der Waals surface area contributed by atoms with E-state index in [9.17, 15) is 0 Å². The number of halogens is 3. The molecule has 0 aromatic carbocycles. The van der Waals surface area contributed by atoms with Crippen LogP contribution in [0, 0.1) is 0 Å². The van der Waals surface area contributed by atoms with Crippen LogP contribution in [0.2, 0.25) is 0 Å². The maximum absolute atomic E-state index is 4.94. The van der Waals surface area contributed by atoms with E-state index in [0.717, 1.165) is 13.2 Å². The average Bonchev–Trinajstić information content (AvgIpc) is 1.76. The van der Waals surface area contributed by atoms with Crippen molar-refractivity contribution in [2.45, 2.75) is 12.8 Å². The Balaban J connectivity index is -0.0000000312. The fourth-order valence-corrected chi connectivity index (χ4v) is 0.510. The third-order valence-corrected chi connectivity index (χ3v) is 0.827. The molecule has 0 aromatic rings. The molecule has 0 bridgehead atoms. The van der Waals surface area contributed by atoms with Crippen LogP contribution in [-0.4, -0.2) is 39.1 Å². The minimum absolute atomic E-state index is 0. The van der Waals surface area contributed by atoms with Crippen molar-refractivity contribution in [3.8, 4) is 0 Å². The van der Waals surface area contributed by atoms with Crippen LogP contribution in [0.25, 0.3) is 0 Å². The van der Waals surface area contributed by atoms with E-state index in [0.29, 0.717) is 0 Å². The van der Waals surface area contributed by atoms with Crippen LogP contribution < -0.4 is 37.2 Å². The summed E-state index contributed by atoms with van der Waals surface area (Å²) in [5, 5.41) is 0. The van der Waals surface area contributed by atoms with E-state index in [1.165, 1.54) is 12.8 Å². The zero-order valence-corrected chi connectivity index (χ0v) is 10.5. The first-order chi connectivity index (χ1) is 2.50. The van der Waals surface area contributed by atoms with Crippen molar-refractivity contribution in [1.82, 2.24) is 0 Å². The molecule has 0 saturated carbocycles. The largest absolute Gasteiger partial charge is 3.00 e. The van der Waals surface area contributed by atoms with Crippen LogP contribution in [0.4, 0.5) is 0 Å². The molecule has 1 heterocycles. The Kier molecular flexibility index (Phi) is 40.8. The van der Waals surface area contributed by atoms with Crippen molar-refractivity contribution in [3.05, 3.63) is 0 Å².